The van der Waals surface area contributed by atoms with Crippen molar-refractivity contribution < 1.29 is 36.5 Å². The fraction of sp³-hybridized carbons (Fsp3) is 0.677. The Hall–Kier alpha value is -3.62. The smallest absolute Gasteiger partial charge is 0.276 e. The van der Waals surface area contributed by atoms with Gasteiger partial charge in [0.2, 0.25) is 17.8 Å². The van der Waals surface area contributed by atoms with E-state index >= 15 is 0 Å². The Balaban J connectivity index is 1.15. The van der Waals surface area contributed by atoms with Crippen molar-refractivity contribution >= 4 is 17.5 Å². The summed E-state index contributed by atoms with van der Waals surface area (Å²) in [6.45, 7) is 1.08. The van der Waals surface area contributed by atoms with E-state index in [0.29, 0.717) is 48.7 Å². The molecule has 248 valence electrons. The lowest BCUT2D eigenvalue weighted by Gasteiger charge is -2.35. The highest BCUT2D eigenvalue weighted by molar-refractivity contribution is 5.93. The van der Waals surface area contributed by atoms with Gasteiger partial charge in [0.15, 0.2) is 11.3 Å². The van der Waals surface area contributed by atoms with E-state index in [1.54, 1.807) is 16.9 Å². The summed E-state index contributed by atoms with van der Waals surface area (Å²) >= 11 is 0. The number of rotatable bonds is 10. The van der Waals surface area contributed by atoms with Crippen LogP contribution < -0.4 is 10.6 Å². The monoisotopic (exact) mass is 647 g/mol. The minimum absolute atomic E-state index is 0.0316. The van der Waals surface area contributed by atoms with Gasteiger partial charge in [-0.05, 0) is 73.1 Å². The van der Waals surface area contributed by atoms with Gasteiger partial charge in [0.25, 0.3) is 5.91 Å². The first-order chi connectivity index (χ1) is 22.0. The van der Waals surface area contributed by atoms with E-state index in [9.17, 15) is 27.2 Å². The SMILES string of the molecule is O=C(CC1CC(F)(F)C1)NC(c1cnn2cc([C@@H](NC(=O)c3nonc3C3CC3)C3CCC(F)(F)CC3)nc2c1)C1CCOCC1. The fourth-order valence-corrected chi connectivity index (χ4v) is 7.19. The molecule has 1 unspecified atom stereocenters. The van der Waals surface area contributed by atoms with E-state index < -0.39 is 29.8 Å². The maximum absolute atomic E-state index is 14.1. The average Bonchev–Trinajstić information content (AvgIpc) is 3.57. The van der Waals surface area contributed by atoms with Crippen LogP contribution in [0.2, 0.25) is 0 Å². The summed E-state index contributed by atoms with van der Waals surface area (Å²) in [5.41, 5.74) is 2.23. The number of fused-ring (bicyclic) bond motifs is 1. The molecule has 4 fully saturated rings. The minimum atomic E-state index is -2.75. The Morgan fingerprint density at radius 3 is 2.35 bits per heavy atom. The molecule has 0 aromatic carbocycles. The summed E-state index contributed by atoms with van der Waals surface area (Å²) in [6.07, 6.45) is 5.81. The van der Waals surface area contributed by atoms with E-state index in [2.05, 4.69) is 26.0 Å². The van der Waals surface area contributed by atoms with E-state index in [-0.39, 0.29) is 80.2 Å². The molecule has 2 amide bonds. The van der Waals surface area contributed by atoms with Crippen LogP contribution in [0.1, 0.15) is 116 Å². The lowest BCUT2D eigenvalue weighted by atomic mass is 9.79. The predicted molar refractivity (Wildman–Crippen MR) is 153 cm³/mol. The highest BCUT2D eigenvalue weighted by atomic mass is 19.3. The summed E-state index contributed by atoms with van der Waals surface area (Å²) < 4.78 is 67.0. The average molecular weight is 648 g/mol. The van der Waals surface area contributed by atoms with Crippen LogP contribution in [-0.4, -0.2) is 61.8 Å². The predicted octanol–water partition coefficient (Wildman–Crippen LogP) is 5.31. The molecule has 4 heterocycles. The molecule has 3 aliphatic carbocycles. The lowest BCUT2D eigenvalue weighted by molar-refractivity contribution is -0.134. The molecule has 46 heavy (non-hydrogen) atoms. The maximum atomic E-state index is 14.1. The summed E-state index contributed by atoms with van der Waals surface area (Å²) in [4.78, 5) is 31.2. The van der Waals surface area contributed by atoms with Gasteiger partial charge >= 0.3 is 0 Å². The molecule has 1 aliphatic heterocycles. The standard InChI is InChI=1S/C31H37F4N7O4/c32-30(33)7-3-19(4-8-30)26(39-29(44)28-27(18-1-2-18)40-46-41-28)22-16-42-23(37-22)12-21(15-36-42)25(20-5-9-45-10-6-20)38-24(43)11-17-13-31(34,35)14-17/h12,15-20,25-26H,1-11,13-14H2,(H,38,43)(H,39,44)/t25?,26-/m0/s1. The zero-order valence-electron chi connectivity index (χ0n) is 25.3. The van der Waals surface area contributed by atoms with Crippen LogP contribution in [0.25, 0.3) is 5.65 Å². The van der Waals surface area contributed by atoms with Gasteiger partial charge in [-0.1, -0.05) is 5.16 Å². The third-order valence-electron chi connectivity index (χ3n) is 9.95. The van der Waals surface area contributed by atoms with E-state index in [1.807, 2.05) is 6.07 Å². The fourth-order valence-electron chi connectivity index (χ4n) is 7.19. The topological polar surface area (TPSA) is 137 Å². The number of halogens is 4. The molecule has 7 rings (SSSR count). The van der Waals surface area contributed by atoms with E-state index in [0.717, 1.165) is 12.8 Å². The zero-order chi connectivity index (χ0) is 32.1. The Bertz CT molecular complexity index is 1570. The Morgan fingerprint density at radius 1 is 0.935 bits per heavy atom. The number of imidazole rings is 1. The molecule has 11 nitrogen and oxygen atoms in total. The molecule has 4 aliphatic rings. The number of hydrogen-bond donors (Lipinski definition) is 2. The summed E-state index contributed by atoms with van der Waals surface area (Å²) in [7, 11) is 0. The van der Waals surface area contributed by atoms with Crippen molar-refractivity contribution in [2.24, 2.45) is 17.8 Å². The quantitative estimate of drug-likeness (QED) is 0.283. The minimum Gasteiger partial charge on any atom is -0.381 e. The largest absolute Gasteiger partial charge is 0.381 e. The van der Waals surface area contributed by atoms with Gasteiger partial charge in [-0.2, -0.15) is 5.10 Å². The number of carbonyl (C=O) groups is 2. The van der Waals surface area contributed by atoms with Gasteiger partial charge in [0, 0.05) is 51.2 Å². The molecule has 2 atom stereocenters. The first-order valence-corrected chi connectivity index (χ1v) is 16.1. The summed E-state index contributed by atoms with van der Waals surface area (Å²) in [5.74, 6) is -6.71. The van der Waals surface area contributed by atoms with Crippen molar-refractivity contribution in [1.29, 1.82) is 0 Å². The number of alkyl halides is 4. The van der Waals surface area contributed by atoms with Gasteiger partial charge in [-0.15, -0.1) is 0 Å². The zero-order valence-corrected chi connectivity index (χ0v) is 25.3. The highest BCUT2D eigenvalue weighted by Gasteiger charge is 2.46. The first-order valence-electron chi connectivity index (χ1n) is 16.1. The summed E-state index contributed by atoms with van der Waals surface area (Å²) in [6, 6.07) is 0.699. The van der Waals surface area contributed by atoms with Gasteiger partial charge < -0.3 is 15.4 Å². The Labute approximate surface area is 262 Å². The van der Waals surface area contributed by atoms with Crippen molar-refractivity contribution in [2.45, 2.75) is 100 Å². The third kappa shape index (κ3) is 6.74. The number of carbonyl (C=O) groups excluding carboxylic acids is 2. The second-order valence-electron chi connectivity index (χ2n) is 13.5. The van der Waals surface area contributed by atoms with Crippen LogP contribution in [0.5, 0.6) is 0 Å². The first kappa shape index (κ1) is 31.0. The van der Waals surface area contributed by atoms with Crippen molar-refractivity contribution in [3.8, 4) is 0 Å². The van der Waals surface area contributed by atoms with Gasteiger partial charge in [0.05, 0.1) is 30.2 Å². The molecule has 3 saturated carbocycles. The van der Waals surface area contributed by atoms with Crippen LogP contribution in [0.3, 0.4) is 0 Å². The van der Waals surface area contributed by atoms with Crippen LogP contribution in [0.4, 0.5) is 17.6 Å². The van der Waals surface area contributed by atoms with Crippen molar-refractivity contribution in [3.05, 3.63) is 41.1 Å². The highest BCUT2D eigenvalue weighted by Crippen LogP contribution is 2.45. The molecule has 15 heteroatoms. The molecular weight excluding hydrogens is 610 g/mol. The lowest BCUT2D eigenvalue weighted by Crippen LogP contribution is -2.41. The number of nitrogens with zero attached hydrogens (tertiary/aromatic N) is 5. The maximum Gasteiger partial charge on any atom is 0.276 e. The number of nitrogens with one attached hydrogen (secondary N) is 2. The number of hydrogen-bond acceptors (Lipinski definition) is 8. The number of aromatic nitrogens is 5. The normalized spacial score (nSPS) is 23.5. The second-order valence-corrected chi connectivity index (χ2v) is 13.5. The molecule has 0 spiro atoms. The van der Waals surface area contributed by atoms with Crippen LogP contribution >= 0.6 is 0 Å². The van der Waals surface area contributed by atoms with Crippen molar-refractivity contribution in [1.82, 2.24) is 35.5 Å². The Morgan fingerprint density at radius 2 is 1.65 bits per heavy atom. The van der Waals surface area contributed by atoms with E-state index in [4.69, 9.17) is 14.3 Å². The molecule has 0 bridgehead atoms. The van der Waals surface area contributed by atoms with Crippen LogP contribution in [-0.2, 0) is 9.53 Å². The van der Waals surface area contributed by atoms with Crippen molar-refractivity contribution in [3.63, 3.8) is 0 Å². The number of amides is 2. The molecular formula is C31H37F4N7O4. The molecule has 3 aromatic heterocycles. The third-order valence-corrected chi connectivity index (χ3v) is 9.95. The van der Waals surface area contributed by atoms with Gasteiger partial charge in [0.1, 0.15) is 5.69 Å². The molecule has 0 radical (unpaired) electrons. The Kier molecular flexibility index (Phi) is 8.22. The second kappa shape index (κ2) is 12.2. The van der Waals surface area contributed by atoms with Crippen LogP contribution in [0.15, 0.2) is 23.1 Å². The van der Waals surface area contributed by atoms with E-state index in [1.165, 1.54) is 0 Å². The molecule has 2 N–H and O–H groups in total. The summed E-state index contributed by atoms with van der Waals surface area (Å²) in [5, 5.41) is 18.4. The number of ether oxygens (including phenoxy) is 1. The molecule has 1 saturated heterocycles. The van der Waals surface area contributed by atoms with Crippen molar-refractivity contribution in [2.75, 3.05) is 13.2 Å². The van der Waals surface area contributed by atoms with Gasteiger partial charge in [-0.3, -0.25) is 9.59 Å². The van der Waals surface area contributed by atoms with Gasteiger partial charge in [-0.25, -0.2) is 31.7 Å². The van der Waals surface area contributed by atoms with Crippen LogP contribution in [0, 0.1) is 17.8 Å². The molecule has 3 aromatic rings.